The lowest BCUT2D eigenvalue weighted by atomic mass is 10.1. The van der Waals surface area contributed by atoms with Gasteiger partial charge in [-0.1, -0.05) is 12.1 Å². The Hall–Kier alpha value is -2.63. The summed E-state index contributed by atoms with van der Waals surface area (Å²) in [6.45, 7) is 6.58. The Bertz CT molecular complexity index is 802. The van der Waals surface area contributed by atoms with E-state index in [0.717, 1.165) is 25.2 Å². The summed E-state index contributed by atoms with van der Waals surface area (Å²) in [6, 6.07) is 9.26. The van der Waals surface area contributed by atoms with E-state index in [0.29, 0.717) is 13.1 Å². The van der Waals surface area contributed by atoms with Crippen LogP contribution in [0.5, 0.6) is 5.75 Å². The summed E-state index contributed by atoms with van der Waals surface area (Å²) in [7, 11) is 0. The van der Waals surface area contributed by atoms with Gasteiger partial charge in [0.15, 0.2) is 18.2 Å². The lowest BCUT2D eigenvalue weighted by Gasteiger charge is -2.37. The number of amides is 1. The Labute approximate surface area is 152 Å². The van der Waals surface area contributed by atoms with Gasteiger partial charge in [-0.25, -0.2) is 8.78 Å². The highest BCUT2D eigenvalue weighted by Gasteiger charge is 2.23. The van der Waals surface area contributed by atoms with Crippen molar-refractivity contribution in [2.45, 2.75) is 13.8 Å². The van der Waals surface area contributed by atoms with Crippen LogP contribution in [0.25, 0.3) is 0 Å². The van der Waals surface area contributed by atoms with Crippen molar-refractivity contribution in [3.05, 3.63) is 59.2 Å². The summed E-state index contributed by atoms with van der Waals surface area (Å²) in [6.07, 6.45) is 0. The second-order valence-electron chi connectivity index (χ2n) is 6.45. The zero-order valence-corrected chi connectivity index (χ0v) is 15.0. The van der Waals surface area contributed by atoms with Crippen LogP contribution in [0.15, 0.2) is 36.4 Å². The van der Waals surface area contributed by atoms with Gasteiger partial charge >= 0.3 is 0 Å². The fraction of sp³-hybridized carbons (Fsp3) is 0.350. The number of rotatable bonds is 4. The van der Waals surface area contributed by atoms with Gasteiger partial charge in [-0.2, -0.15) is 0 Å². The van der Waals surface area contributed by atoms with Crippen LogP contribution < -0.4 is 9.64 Å². The van der Waals surface area contributed by atoms with Gasteiger partial charge in [0, 0.05) is 37.9 Å². The third-order valence-electron chi connectivity index (χ3n) is 4.79. The maximum Gasteiger partial charge on any atom is 0.260 e. The average Bonchev–Trinajstić information content (AvgIpc) is 2.63. The average molecular weight is 360 g/mol. The van der Waals surface area contributed by atoms with Gasteiger partial charge in [-0.15, -0.1) is 0 Å². The molecule has 2 aromatic carbocycles. The third-order valence-corrected chi connectivity index (χ3v) is 4.79. The second-order valence-corrected chi connectivity index (χ2v) is 6.45. The highest BCUT2D eigenvalue weighted by Crippen LogP contribution is 2.24. The van der Waals surface area contributed by atoms with Crippen LogP contribution in [0.2, 0.25) is 0 Å². The van der Waals surface area contributed by atoms with Gasteiger partial charge in [0.05, 0.1) is 0 Å². The maximum absolute atomic E-state index is 13.6. The highest BCUT2D eigenvalue weighted by molar-refractivity contribution is 5.78. The highest BCUT2D eigenvalue weighted by atomic mass is 19.1. The number of benzene rings is 2. The molecule has 26 heavy (non-hydrogen) atoms. The lowest BCUT2D eigenvalue weighted by Crippen LogP contribution is -2.50. The molecule has 0 atom stereocenters. The zero-order chi connectivity index (χ0) is 18.7. The third kappa shape index (κ3) is 3.95. The summed E-state index contributed by atoms with van der Waals surface area (Å²) in [5.74, 6) is -1.80. The number of carbonyl (C=O) groups is 1. The molecule has 1 saturated heterocycles. The van der Waals surface area contributed by atoms with Crippen LogP contribution in [0, 0.1) is 25.5 Å². The smallest absolute Gasteiger partial charge is 0.260 e. The predicted molar refractivity (Wildman–Crippen MR) is 96.6 cm³/mol. The van der Waals surface area contributed by atoms with Crippen molar-refractivity contribution in [2.24, 2.45) is 0 Å². The van der Waals surface area contributed by atoms with Gasteiger partial charge < -0.3 is 14.5 Å². The number of anilines is 1. The van der Waals surface area contributed by atoms with Crippen LogP contribution in [0.1, 0.15) is 11.1 Å². The molecule has 1 aliphatic heterocycles. The number of hydrogen-bond acceptors (Lipinski definition) is 3. The molecule has 0 saturated carbocycles. The first kappa shape index (κ1) is 18.2. The number of aryl methyl sites for hydroxylation is 1. The monoisotopic (exact) mass is 360 g/mol. The summed E-state index contributed by atoms with van der Waals surface area (Å²) in [4.78, 5) is 16.3. The Balaban J connectivity index is 1.54. The Morgan fingerprint density at radius 1 is 1.08 bits per heavy atom. The number of halogens is 2. The number of piperazine rings is 1. The fourth-order valence-electron chi connectivity index (χ4n) is 3.10. The van der Waals surface area contributed by atoms with Gasteiger partial charge in [0.2, 0.25) is 0 Å². The van der Waals surface area contributed by atoms with E-state index in [1.165, 1.54) is 22.9 Å². The molecule has 0 aliphatic carbocycles. The van der Waals surface area contributed by atoms with E-state index in [-0.39, 0.29) is 18.3 Å². The topological polar surface area (TPSA) is 32.8 Å². The predicted octanol–water partition coefficient (Wildman–Crippen LogP) is 3.31. The minimum Gasteiger partial charge on any atom is -0.481 e. The number of carbonyl (C=O) groups excluding carboxylic acids is 1. The van der Waals surface area contributed by atoms with Crippen molar-refractivity contribution < 1.29 is 18.3 Å². The molecule has 0 unspecified atom stereocenters. The minimum atomic E-state index is -0.808. The van der Waals surface area contributed by atoms with Crippen molar-refractivity contribution in [3.8, 4) is 5.75 Å². The molecule has 1 fully saturated rings. The van der Waals surface area contributed by atoms with Crippen molar-refractivity contribution in [2.75, 3.05) is 37.7 Å². The van der Waals surface area contributed by atoms with Crippen molar-refractivity contribution in [3.63, 3.8) is 0 Å². The van der Waals surface area contributed by atoms with Gasteiger partial charge in [-0.3, -0.25) is 4.79 Å². The molecule has 0 N–H and O–H groups in total. The number of nitrogens with zero attached hydrogens (tertiary/aromatic N) is 2. The summed E-state index contributed by atoms with van der Waals surface area (Å²) < 4.78 is 31.7. The van der Waals surface area contributed by atoms with Gasteiger partial charge in [-0.05, 0) is 43.2 Å². The van der Waals surface area contributed by atoms with E-state index in [4.69, 9.17) is 4.74 Å². The van der Waals surface area contributed by atoms with Gasteiger partial charge in [0.25, 0.3) is 5.91 Å². The molecule has 3 rings (SSSR count). The molecule has 0 bridgehead atoms. The lowest BCUT2D eigenvalue weighted by molar-refractivity contribution is -0.133. The number of hydrogen-bond donors (Lipinski definition) is 0. The molecule has 138 valence electrons. The largest absolute Gasteiger partial charge is 0.481 e. The Morgan fingerprint density at radius 2 is 1.81 bits per heavy atom. The Morgan fingerprint density at radius 3 is 2.50 bits per heavy atom. The summed E-state index contributed by atoms with van der Waals surface area (Å²) >= 11 is 0. The van der Waals surface area contributed by atoms with Crippen molar-refractivity contribution in [1.82, 2.24) is 4.90 Å². The summed E-state index contributed by atoms with van der Waals surface area (Å²) in [5.41, 5.74) is 3.69. The van der Waals surface area contributed by atoms with Gasteiger partial charge in [0.1, 0.15) is 5.82 Å². The van der Waals surface area contributed by atoms with Crippen LogP contribution in [-0.2, 0) is 4.79 Å². The zero-order valence-electron chi connectivity index (χ0n) is 15.0. The van der Waals surface area contributed by atoms with Crippen molar-refractivity contribution in [1.29, 1.82) is 0 Å². The molecule has 0 aromatic heterocycles. The van der Waals surface area contributed by atoms with E-state index in [1.807, 2.05) is 6.07 Å². The Kier molecular flexibility index (Phi) is 5.40. The molecule has 0 radical (unpaired) electrons. The fourth-order valence-corrected chi connectivity index (χ4v) is 3.10. The first-order chi connectivity index (χ1) is 12.5. The summed E-state index contributed by atoms with van der Waals surface area (Å²) in [5, 5.41) is 0. The first-order valence-electron chi connectivity index (χ1n) is 8.62. The van der Waals surface area contributed by atoms with E-state index >= 15 is 0 Å². The van der Waals surface area contributed by atoms with E-state index in [1.54, 1.807) is 4.90 Å². The molecule has 2 aromatic rings. The maximum atomic E-state index is 13.6. The van der Waals surface area contributed by atoms with E-state index in [9.17, 15) is 13.6 Å². The first-order valence-corrected chi connectivity index (χ1v) is 8.62. The SMILES string of the molecule is Cc1cccc(N2CCN(C(=O)COc3ccc(F)cc3F)CC2)c1C. The normalized spacial score (nSPS) is 14.5. The van der Waals surface area contributed by atoms with Crippen LogP contribution in [0.3, 0.4) is 0 Å². The van der Waals surface area contributed by atoms with E-state index in [2.05, 4.69) is 30.9 Å². The molecule has 1 aliphatic rings. The molecular formula is C20H22F2N2O2. The molecule has 1 heterocycles. The second kappa shape index (κ2) is 7.72. The quantitative estimate of drug-likeness (QED) is 0.839. The molecule has 0 spiro atoms. The standard InChI is InChI=1S/C20H22F2N2O2/c1-14-4-3-5-18(15(14)2)23-8-10-24(11-9-23)20(25)13-26-19-7-6-16(21)12-17(19)22/h3-7,12H,8-11,13H2,1-2H3. The van der Waals surface area contributed by atoms with E-state index < -0.39 is 11.6 Å². The molecule has 4 nitrogen and oxygen atoms in total. The number of ether oxygens (including phenoxy) is 1. The van der Waals surface area contributed by atoms with Crippen LogP contribution >= 0.6 is 0 Å². The molecule has 1 amide bonds. The van der Waals surface area contributed by atoms with Crippen LogP contribution in [0.4, 0.5) is 14.5 Å². The molecule has 6 heteroatoms. The minimum absolute atomic E-state index is 0.117. The van der Waals surface area contributed by atoms with Crippen molar-refractivity contribution >= 4 is 11.6 Å². The molecular weight excluding hydrogens is 338 g/mol. The van der Waals surface area contributed by atoms with Crippen LogP contribution in [-0.4, -0.2) is 43.6 Å².